The van der Waals surface area contributed by atoms with Gasteiger partial charge in [0.2, 0.25) is 0 Å². The molecule has 3 aromatic rings. The predicted octanol–water partition coefficient (Wildman–Crippen LogP) is 4.75. The van der Waals surface area contributed by atoms with Crippen molar-refractivity contribution in [3.8, 4) is 11.3 Å². The molecule has 6 heteroatoms. The van der Waals surface area contributed by atoms with Gasteiger partial charge in [0.25, 0.3) is 0 Å². The Balaban J connectivity index is 1.34. The van der Waals surface area contributed by atoms with Gasteiger partial charge in [0.1, 0.15) is 17.2 Å². The van der Waals surface area contributed by atoms with Crippen molar-refractivity contribution in [1.82, 2.24) is 4.90 Å². The molecule has 2 aliphatic rings. The normalized spacial score (nSPS) is 18.0. The van der Waals surface area contributed by atoms with Crippen molar-refractivity contribution in [2.75, 3.05) is 31.1 Å². The highest BCUT2D eigenvalue weighted by Gasteiger charge is 2.32. The van der Waals surface area contributed by atoms with E-state index in [4.69, 9.17) is 9.52 Å². The lowest BCUT2D eigenvalue weighted by Gasteiger charge is -2.36. The van der Waals surface area contributed by atoms with Gasteiger partial charge in [-0.1, -0.05) is 6.07 Å². The first kappa shape index (κ1) is 19.1. The minimum absolute atomic E-state index is 0.306. The maximum atomic E-state index is 14.8. The number of nitrogens with zero attached hydrogens (tertiary/aromatic N) is 2. The number of fused-ring (bicyclic) bond motifs is 1. The third-order valence-corrected chi connectivity index (χ3v) is 6.23. The van der Waals surface area contributed by atoms with E-state index >= 15 is 0 Å². The average Bonchev–Trinajstić information content (AvgIpc) is 3.13. The molecule has 2 fully saturated rings. The Morgan fingerprint density at radius 3 is 2.60 bits per heavy atom. The van der Waals surface area contributed by atoms with E-state index in [0.29, 0.717) is 31.0 Å². The van der Waals surface area contributed by atoms with Gasteiger partial charge in [0.05, 0.1) is 11.5 Å². The van der Waals surface area contributed by atoms with Crippen LogP contribution in [0.15, 0.2) is 46.9 Å². The van der Waals surface area contributed by atoms with E-state index in [1.807, 2.05) is 23.1 Å². The van der Waals surface area contributed by atoms with E-state index < -0.39 is 5.97 Å². The van der Waals surface area contributed by atoms with Crippen molar-refractivity contribution in [2.24, 2.45) is 5.92 Å². The summed E-state index contributed by atoms with van der Waals surface area (Å²) in [5.74, 6) is -0.863. The van der Waals surface area contributed by atoms with Crippen molar-refractivity contribution < 1.29 is 18.7 Å². The summed E-state index contributed by atoms with van der Waals surface area (Å²) in [6.07, 6.45) is 3.74. The molecule has 5 nitrogen and oxygen atoms in total. The van der Waals surface area contributed by atoms with Gasteiger partial charge in [0, 0.05) is 43.8 Å². The van der Waals surface area contributed by atoms with Crippen LogP contribution in [0, 0.1) is 11.7 Å². The fourth-order valence-corrected chi connectivity index (χ4v) is 4.48. The number of furan rings is 1. The van der Waals surface area contributed by atoms with Gasteiger partial charge in [-0.25, -0.2) is 4.39 Å². The minimum atomic E-state index is -0.763. The SMILES string of the molecule is O=C(O)C1CN(Cc2ccc(-c3cc4cc(N5CCCCC5)ccc4o3)c(F)c2)C1. The summed E-state index contributed by atoms with van der Waals surface area (Å²) in [7, 11) is 0. The van der Waals surface area contributed by atoms with Gasteiger partial charge in [0.15, 0.2) is 0 Å². The number of anilines is 1. The number of carboxylic acid groups (broad SMARTS) is 1. The Kier molecular flexibility index (Phi) is 4.95. The second-order valence-corrected chi connectivity index (χ2v) is 8.42. The number of halogens is 1. The Labute approximate surface area is 174 Å². The molecule has 30 heavy (non-hydrogen) atoms. The van der Waals surface area contributed by atoms with E-state index in [9.17, 15) is 9.18 Å². The summed E-state index contributed by atoms with van der Waals surface area (Å²) in [6.45, 7) is 3.75. The van der Waals surface area contributed by atoms with Crippen LogP contribution in [0.5, 0.6) is 0 Å². The number of hydrogen-bond acceptors (Lipinski definition) is 4. The van der Waals surface area contributed by atoms with Crippen LogP contribution in [0.3, 0.4) is 0 Å². The van der Waals surface area contributed by atoms with E-state index in [0.717, 1.165) is 29.6 Å². The zero-order valence-corrected chi connectivity index (χ0v) is 16.8. The lowest BCUT2D eigenvalue weighted by atomic mass is 9.99. The molecule has 2 saturated heterocycles. The predicted molar refractivity (Wildman–Crippen MR) is 114 cm³/mol. The summed E-state index contributed by atoms with van der Waals surface area (Å²) in [6, 6.07) is 13.3. The lowest BCUT2D eigenvalue weighted by molar-refractivity contribution is -0.147. The third-order valence-electron chi connectivity index (χ3n) is 6.23. The number of benzene rings is 2. The molecular weight excluding hydrogens is 383 g/mol. The molecule has 0 aliphatic carbocycles. The molecule has 5 rings (SSSR count). The molecule has 0 bridgehead atoms. The molecule has 0 spiro atoms. The van der Waals surface area contributed by atoms with E-state index in [2.05, 4.69) is 17.0 Å². The summed E-state index contributed by atoms with van der Waals surface area (Å²) < 4.78 is 20.8. The van der Waals surface area contributed by atoms with E-state index in [-0.39, 0.29) is 11.7 Å². The third kappa shape index (κ3) is 3.67. The number of piperidine rings is 1. The van der Waals surface area contributed by atoms with Crippen LogP contribution in [-0.4, -0.2) is 42.2 Å². The summed E-state index contributed by atoms with van der Waals surface area (Å²) in [4.78, 5) is 15.3. The van der Waals surface area contributed by atoms with Gasteiger partial charge in [-0.2, -0.15) is 0 Å². The smallest absolute Gasteiger partial charge is 0.309 e. The first-order valence-electron chi connectivity index (χ1n) is 10.6. The van der Waals surface area contributed by atoms with Gasteiger partial charge >= 0.3 is 5.97 Å². The number of hydrogen-bond donors (Lipinski definition) is 1. The van der Waals surface area contributed by atoms with Crippen molar-refractivity contribution in [3.05, 3.63) is 53.8 Å². The quantitative estimate of drug-likeness (QED) is 0.661. The molecule has 0 radical (unpaired) electrons. The lowest BCUT2D eigenvalue weighted by Crippen LogP contribution is -2.49. The molecule has 156 valence electrons. The van der Waals surface area contributed by atoms with Crippen molar-refractivity contribution in [3.63, 3.8) is 0 Å². The summed E-state index contributed by atoms with van der Waals surface area (Å²) in [5.41, 5.74) is 3.24. The molecular formula is C24H25FN2O3. The van der Waals surface area contributed by atoms with Crippen LogP contribution in [0.4, 0.5) is 10.1 Å². The second-order valence-electron chi connectivity index (χ2n) is 8.42. The van der Waals surface area contributed by atoms with Gasteiger partial charge in [-0.3, -0.25) is 9.69 Å². The highest BCUT2D eigenvalue weighted by atomic mass is 19.1. The second kappa shape index (κ2) is 7.76. The fourth-order valence-electron chi connectivity index (χ4n) is 4.48. The van der Waals surface area contributed by atoms with E-state index in [1.54, 1.807) is 6.07 Å². The minimum Gasteiger partial charge on any atom is -0.481 e. The average molecular weight is 408 g/mol. The highest BCUT2D eigenvalue weighted by Crippen LogP contribution is 2.33. The Hall–Kier alpha value is -2.86. The number of rotatable bonds is 5. The maximum absolute atomic E-state index is 14.8. The maximum Gasteiger partial charge on any atom is 0.309 e. The van der Waals surface area contributed by atoms with Gasteiger partial charge in [-0.15, -0.1) is 0 Å². The van der Waals surface area contributed by atoms with Crippen LogP contribution >= 0.6 is 0 Å². The Morgan fingerprint density at radius 1 is 1.07 bits per heavy atom. The Morgan fingerprint density at radius 2 is 1.87 bits per heavy atom. The van der Waals surface area contributed by atoms with Gasteiger partial charge in [-0.05, 0) is 61.2 Å². The first-order chi connectivity index (χ1) is 14.6. The van der Waals surface area contributed by atoms with Gasteiger partial charge < -0.3 is 14.4 Å². The first-order valence-corrected chi connectivity index (χ1v) is 10.6. The number of likely N-dealkylation sites (tertiary alicyclic amines) is 1. The monoisotopic (exact) mass is 408 g/mol. The number of carbonyl (C=O) groups is 1. The molecule has 0 unspecified atom stereocenters. The molecule has 2 aliphatic heterocycles. The zero-order valence-electron chi connectivity index (χ0n) is 16.8. The fraction of sp³-hybridized carbons (Fsp3) is 0.375. The molecule has 2 aromatic carbocycles. The molecule has 0 saturated carbocycles. The number of carboxylic acids is 1. The largest absolute Gasteiger partial charge is 0.481 e. The summed E-state index contributed by atoms with van der Waals surface area (Å²) in [5, 5.41) is 9.96. The summed E-state index contributed by atoms with van der Waals surface area (Å²) >= 11 is 0. The molecule has 1 N–H and O–H groups in total. The van der Waals surface area contributed by atoms with Crippen molar-refractivity contribution in [1.29, 1.82) is 0 Å². The van der Waals surface area contributed by atoms with E-state index in [1.165, 1.54) is 31.0 Å². The molecule has 3 heterocycles. The topological polar surface area (TPSA) is 56.9 Å². The van der Waals surface area contributed by atoms with Crippen LogP contribution in [0.25, 0.3) is 22.3 Å². The highest BCUT2D eigenvalue weighted by molar-refractivity contribution is 5.86. The van der Waals surface area contributed by atoms with Crippen LogP contribution < -0.4 is 4.90 Å². The molecule has 0 atom stereocenters. The number of aliphatic carboxylic acids is 1. The zero-order chi connectivity index (χ0) is 20.7. The molecule has 0 amide bonds. The van der Waals surface area contributed by atoms with Crippen LogP contribution in [-0.2, 0) is 11.3 Å². The standard InChI is InChI=1S/C24H25FN2O3/c25-21-10-16(13-26-14-18(15-26)24(28)29)4-6-20(21)23-12-17-11-19(5-7-22(17)30-23)27-8-2-1-3-9-27/h4-7,10-12,18H,1-3,8-9,13-15H2,(H,28,29). The van der Waals surface area contributed by atoms with Crippen molar-refractivity contribution in [2.45, 2.75) is 25.8 Å². The molecule has 1 aromatic heterocycles. The van der Waals surface area contributed by atoms with Crippen molar-refractivity contribution >= 4 is 22.6 Å². The van der Waals surface area contributed by atoms with Crippen LogP contribution in [0.1, 0.15) is 24.8 Å². The van der Waals surface area contributed by atoms with Crippen LogP contribution in [0.2, 0.25) is 0 Å². The Bertz CT molecular complexity index is 1080.